The third-order valence-electron chi connectivity index (χ3n) is 8.39. The van der Waals surface area contributed by atoms with Gasteiger partial charge in [0.25, 0.3) is 5.56 Å². The molecule has 0 amide bonds. The Hall–Kier alpha value is -6.40. The van der Waals surface area contributed by atoms with Crippen molar-refractivity contribution in [2.75, 3.05) is 5.32 Å². The third-order valence-corrected chi connectivity index (χ3v) is 8.39. The smallest absolute Gasteiger partial charge is 0.255 e. The van der Waals surface area contributed by atoms with Crippen molar-refractivity contribution in [2.24, 2.45) is 0 Å². The zero-order valence-electron chi connectivity index (χ0n) is 25.2. The first-order valence-electron chi connectivity index (χ1n) is 15.4. The summed E-state index contributed by atoms with van der Waals surface area (Å²) < 4.78 is 12.9. The van der Waals surface area contributed by atoms with E-state index in [9.17, 15) is 9.59 Å². The summed E-state index contributed by atoms with van der Waals surface area (Å²) in [5, 5.41) is 4.08. The number of aromatic nitrogens is 1. The van der Waals surface area contributed by atoms with Crippen molar-refractivity contribution in [3.05, 3.63) is 173 Å². The molecule has 2 N–H and O–H groups in total. The number of ether oxygens (including phenoxy) is 2. The van der Waals surface area contributed by atoms with Crippen LogP contribution in [0.4, 0.5) is 11.4 Å². The third kappa shape index (κ3) is 5.12. The van der Waals surface area contributed by atoms with Crippen LogP contribution in [0.3, 0.4) is 0 Å². The van der Waals surface area contributed by atoms with E-state index in [-0.39, 0.29) is 17.9 Å². The number of para-hydroxylation sites is 3. The predicted molar refractivity (Wildman–Crippen MR) is 186 cm³/mol. The van der Waals surface area contributed by atoms with E-state index in [2.05, 4.69) is 10.3 Å². The Morgan fingerprint density at radius 2 is 1.21 bits per heavy atom. The highest BCUT2D eigenvalue weighted by Gasteiger charge is 2.33. The highest BCUT2D eigenvalue weighted by molar-refractivity contribution is 6.29. The molecular weight excluding hydrogens is 584 g/mol. The van der Waals surface area contributed by atoms with Crippen molar-refractivity contribution in [3.63, 3.8) is 0 Å². The molecule has 0 aliphatic heterocycles. The molecule has 7 aromatic rings. The number of carbonyl (C=O) groups is 1. The maximum Gasteiger partial charge on any atom is 0.255 e. The number of pyridine rings is 1. The molecule has 0 spiro atoms. The molecule has 0 atom stereocenters. The minimum atomic E-state index is -0.316. The predicted octanol–water partition coefficient (Wildman–Crippen LogP) is 9.52. The van der Waals surface area contributed by atoms with Crippen LogP contribution in [0, 0.1) is 0 Å². The lowest BCUT2D eigenvalue weighted by Crippen LogP contribution is -2.22. The number of rotatable bonds is 8. The first-order chi connectivity index (χ1) is 23.2. The van der Waals surface area contributed by atoms with E-state index in [1.54, 1.807) is 6.07 Å². The van der Waals surface area contributed by atoms with Crippen LogP contribution in [-0.2, 0) is 6.61 Å². The fraction of sp³-hybridized carbons (Fsp3) is 0.0244. The summed E-state index contributed by atoms with van der Waals surface area (Å²) in [5.41, 5.74) is 6.13. The van der Waals surface area contributed by atoms with Crippen LogP contribution >= 0.6 is 0 Å². The average molecular weight is 613 g/mol. The molecule has 0 saturated heterocycles. The van der Waals surface area contributed by atoms with Gasteiger partial charge in [0, 0.05) is 33.8 Å². The van der Waals surface area contributed by atoms with E-state index in [0.29, 0.717) is 61.7 Å². The van der Waals surface area contributed by atoms with Crippen LogP contribution in [0.1, 0.15) is 21.5 Å². The summed E-state index contributed by atoms with van der Waals surface area (Å²) in [6, 6.07) is 46.0. The van der Waals surface area contributed by atoms with Gasteiger partial charge in [-0.25, -0.2) is 0 Å². The van der Waals surface area contributed by atoms with Crippen molar-refractivity contribution in [3.8, 4) is 39.5 Å². The summed E-state index contributed by atoms with van der Waals surface area (Å²) in [4.78, 5) is 31.5. The molecule has 1 heterocycles. The second-order valence-electron chi connectivity index (χ2n) is 11.3. The molecule has 1 aliphatic rings. The summed E-state index contributed by atoms with van der Waals surface area (Å²) in [6.07, 6.45) is 0. The van der Waals surface area contributed by atoms with Gasteiger partial charge in [0.15, 0.2) is 11.5 Å². The van der Waals surface area contributed by atoms with Crippen LogP contribution in [-0.4, -0.2) is 10.8 Å². The number of benzene rings is 6. The number of fused-ring (bicyclic) bond motifs is 2. The normalized spacial score (nSPS) is 11.6. The molecule has 6 nitrogen and oxygen atoms in total. The average Bonchev–Trinajstić information content (AvgIpc) is 3.12. The molecule has 0 bridgehead atoms. The topological polar surface area (TPSA) is 80.4 Å². The lowest BCUT2D eigenvalue weighted by atomic mass is 9.81. The van der Waals surface area contributed by atoms with Gasteiger partial charge in [0.2, 0.25) is 0 Å². The molecule has 1 aliphatic carbocycles. The molecule has 0 fully saturated rings. The van der Waals surface area contributed by atoms with E-state index in [1.165, 1.54) is 0 Å². The molecule has 0 saturated carbocycles. The molecular formula is C41H28N2O4. The van der Waals surface area contributed by atoms with E-state index in [1.807, 2.05) is 140 Å². The van der Waals surface area contributed by atoms with E-state index < -0.39 is 0 Å². The van der Waals surface area contributed by atoms with E-state index >= 15 is 0 Å². The van der Waals surface area contributed by atoms with Gasteiger partial charge in [-0.3, -0.25) is 9.59 Å². The van der Waals surface area contributed by atoms with Gasteiger partial charge < -0.3 is 19.8 Å². The molecule has 0 unspecified atom stereocenters. The number of hydrogen-bond donors (Lipinski definition) is 2. The van der Waals surface area contributed by atoms with Gasteiger partial charge in [-0.15, -0.1) is 0 Å². The van der Waals surface area contributed by atoms with Crippen LogP contribution < -0.4 is 20.3 Å². The van der Waals surface area contributed by atoms with Crippen molar-refractivity contribution < 1.29 is 14.3 Å². The molecule has 226 valence electrons. The molecule has 0 radical (unpaired) electrons. The highest BCUT2D eigenvalue weighted by Crippen LogP contribution is 2.47. The first kappa shape index (κ1) is 28.1. The summed E-state index contributed by atoms with van der Waals surface area (Å²) >= 11 is 0. The molecule has 1 aromatic heterocycles. The van der Waals surface area contributed by atoms with Crippen LogP contribution in [0.2, 0.25) is 0 Å². The Labute approximate surface area is 270 Å². The number of aromatic amines is 1. The van der Waals surface area contributed by atoms with Crippen LogP contribution in [0.25, 0.3) is 33.2 Å². The van der Waals surface area contributed by atoms with Gasteiger partial charge in [0.1, 0.15) is 18.1 Å². The monoisotopic (exact) mass is 612 g/mol. The SMILES string of the molecule is O=C1c2ccccc2-c2c(COc3ccccc3)c(=O)[nH]c3c(Oc4ccccc4-c4ccccc4)cc(Nc4ccccc4)c1c23. The fourth-order valence-electron chi connectivity index (χ4n) is 6.25. The molecule has 6 aromatic carbocycles. The van der Waals surface area contributed by atoms with Gasteiger partial charge in [-0.1, -0.05) is 109 Å². The number of ketones is 1. The summed E-state index contributed by atoms with van der Waals surface area (Å²) in [7, 11) is 0. The minimum absolute atomic E-state index is 0.00988. The van der Waals surface area contributed by atoms with Crippen molar-refractivity contribution in [1.29, 1.82) is 0 Å². The van der Waals surface area contributed by atoms with Crippen LogP contribution in [0.15, 0.2) is 150 Å². The fourth-order valence-corrected chi connectivity index (χ4v) is 6.25. The highest BCUT2D eigenvalue weighted by atomic mass is 16.5. The lowest BCUT2D eigenvalue weighted by Gasteiger charge is -2.26. The number of H-pyrrole nitrogens is 1. The Morgan fingerprint density at radius 3 is 1.96 bits per heavy atom. The van der Waals surface area contributed by atoms with Crippen molar-refractivity contribution in [2.45, 2.75) is 6.61 Å². The van der Waals surface area contributed by atoms with Gasteiger partial charge >= 0.3 is 0 Å². The maximum absolute atomic E-state index is 14.4. The van der Waals surface area contributed by atoms with E-state index in [4.69, 9.17) is 9.47 Å². The van der Waals surface area contributed by atoms with Gasteiger partial charge in [-0.2, -0.15) is 0 Å². The molecule has 8 rings (SSSR count). The standard InChI is InChI=1S/C41H28N2O4/c44-40-31-22-11-10-21-30(31)36-32(25-46-28-18-8-3-9-19-28)41(45)43-39-35(24-33(37(40)38(36)39)42-27-16-6-2-7-17-27)47-34-23-13-12-20-29(34)26-14-4-1-5-15-26/h1-24,42H,25H2,(H,43,45). The quantitative estimate of drug-likeness (QED) is 0.179. The Kier molecular flexibility index (Phi) is 7.08. The zero-order valence-corrected chi connectivity index (χ0v) is 25.2. The van der Waals surface area contributed by atoms with Gasteiger partial charge in [-0.05, 0) is 41.5 Å². The lowest BCUT2D eigenvalue weighted by molar-refractivity contribution is 0.104. The van der Waals surface area contributed by atoms with Crippen LogP contribution in [0.5, 0.6) is 17.2 Å². The second-order valence-corrected chi connectivity index (χ2v) is 11.3. The second kappa shape index (κ2) is 11.8. The summed E-state index contributed by atoms with van der Waals surface area (Å²) in [5.74, 6) is 1.52. The Bertz CT molecular complexity index is 2330. The largest absolute Gasteiger partial charge is 0.489 e. The Morgan fingerprint density at radius 1 is 0.596 bits per heavy atom. The first-order valence-corrected chi connectivity index (χ1v) is 15.4. The van der Waals surface area contributed by atoms with Crippen molar-refractivity contribution in [1.82, 2.24) is 4.98 Å². The van der Waals surface area contributed by atoms with E-state index in [0.717, 1.165) is 16.8 Å². The Balaban J connectivity index is 1.40. The van der Waals surface area contributed by atoms with Gasteiger partial charge in [0.05, 0.1) is 22.3 Å². The molecule has 6 heteroatoms. The number of nitrogens with one attached hydrogen (secondary N) is 2. The van der Waals surface area contributed by atoms with Crippen molar-refractivity contribution >= 4 is 28.1 Å². The number of anilines is 2. The number of hydrogen-bond acceptors (Lipinski definition) is 5. The summed E-state index contributed by atoms with van der Waals surface area (Å²) in [6.45, 7) is 0.00988. The molecule has 47 heavy (non-hydrogen) atoms. The number of carbonyl (C=O) groups excluding carboxylic acids is 1. The maximum atomic E-state index is 14.4. The minimum Gasteiger partial charge on any atom is -0.489 e. The zero-order chi connectivity index (χ0) is 31.7.